The molecule has 0 heterocycles. The lowest BCUT2D eigenvalue weighted by Gasteiger charge is -2.12. The van der Waals surface area contributed by atoms with E-state index in [2.05, 4.69) is 4.74 Å². The highest BCUT2D eigenvalue weighted by molar-refractivity contribution is 7.87. The Labute approximate surface area is 161 Å². The van der Waals surface area contributed by atoms with Crippen molar-refractivity contribution < 1.29 is 31.8 Å². The Morgan fingerprint density at radius 1 is 1.11 bits per heavy atom. The van der Waals surface area contributed by atoms with E-state index < -0.39 is 31.6 Å². The number of allylic oxidation sites excluding steroid dienone is 1. The van der Waals surface area contributed by atoms with E-state index in [1.54, 1.807) is 24.3 Å². The largest absolute Gasteiger partial charge is 0.493 e. The van der Waals surface area contributed by atoms with Crippen molar-refractivity contribution in [2.45, 2.75) is 11.8 Å². The Morgan fingerprint density at radius 3 is 2.39 bits per heavy atom. The molecule has 9 nitrogen and oxygen atoms in total. The van der Waals surface area contributed by atoms with E-state index >= 15 is 0 Å². The van der Waals surface area contributed by atoms with Crippen LogP contribution >= 0.6 is 0 Å². The maximum absolute atomic E-state index is 12.6. The summed E-state index contributed by atoms with van der Waals surface area (Å²) in [5.74, 6) is -0.843. The van der Waals surface area contributed by atoms with Crippen molar-refractivity contribution in [1.29, 1.82) is 0 Å². The van der Waals surface area contributed by atoms with Crippen molar-refractivity contribution in [3.63, 3.8) is 0 Å². The molecule has 0 aliphatic rings. The molecule has 0 aliphatic carbocycles. The molecule has 2 aromatic rings. The minimum Gasteiger partial charge on any atom is -0.493 e. The highest BCUT2D eigenvalue weighted by Crippen LogP contribution is 2.33. The fraction of sp³-hybridized carbons (Fsp3) is 0.167. The molecule has 0 saturated carbocycles. The fourth-order valence-corrected chi connectivity index (χ4v) is 3.42. The first-order valence-electron chi connectivity index (χ1n) is 7.85. The zero-order valence-corrected chi connectivity index (χ0v) is 16.1. The second kappa shape index (κ2) is 8.53. The average Bonchev–Trinajstić information content (AvgIpc) is 2.67. The molecule has 0 amide bonds. The molecule has 148 valence electrons. The zero-order valence-electron chi connectivity index (χ0n) is 15.2. The van der Waals surface area contributed by atoms with Gasteiger partial charge in [-0.1, -0.05) is 18.2 Å². The number of esters is 1. The highest BCUT2D eigenvalue weighted by Gasteiger charge is 2.30. The summed E-state index contributed by atoms with van der Waals surface area (Å²) in [6.45, 7) is 1.82. The Morgan fingerprint density at radius 2 is 1.82 bits per heavy atom. The summed E-state index contributed by atoms with van der Waals surface area (Å²) in [6.07, 6.45) is 3.56. The molecule has 0 fully saturated rings. The number of benzene rings is 2. The number of nitro benzene ring substituents is 1. The number of ether oxygens (including phenoxy) is 2. The maximum atomic E-state index is 12.6. The molecule has 0 aromatic heterocycles. The summed E-state index contributed by atoms with van der Waals surface area (Å²) < 4.78 is 40.0. The molecule has 0 radical (unpaired) electrons. The second-order valence-electron chi connectivity index (χ2n) is 5.38. The predicted octanol–water partition coefficient (Wildman–Crippen LogP) is 3.19. The molecular weight excluding hydrogens is 390 g/mol. The molecule has 0 N–H and O–H groups in total. The van der Waals surface area contributed by atoms with E-state index in [9.17, 15) is 23.3 Å². The Kier molecular flexibility index (Phi) is 6.37. The molecule has 2 rings (SSSR count). The number of rotatable bonds is 7. The van der Waals surface area contributed by atoms with Crippen molar-refractivity contribution in [2.24, 2.45) is 0 Å². The van der Waals surface area contributed by atoms with Crippen LogP contribution in [0.5, 0.6) is 11.5 Å². The quantitative estimate of drug-likeness (QED) is 0.297. The van der Waals surface area contributed by atoms with E-state index in [1.165, 1.54) is 13.2 Å². The molecule has 0 atom stereocenters. The molecule has 28 heavy (non-hydrogen) atoms. The van der Waals surface area contributed by atoms with Gasteiger partial charge in [0.25, 0.3) is 5.69 Å². The molecule has 0 aliphatic heterocycles. The summed E-state index contributed by atoms with van der Waals surface area (Å²) in [6, 6.07) is 7.36. The third-order valence-corrected chi connectivity index (χ3v) is 4.88. The fourth-order valence-electron chi connectivity index (χ4n) is 2.33. The summed E-state index contributed by atoms with van der Waals surface area (Å²) in [7, 11) is -2.15. The van der Waals surface area contributed by atoms with E-state index in [1.807, 2.05) is 6.92 Å². The van der Waals surface area contributed by atoms with Crippen LogP contribution in [0.1, 0.15) is 22.8 Å². The lowest BCUT2D eigenvalue weighted by Crippen LogP contribution is -2.13. The molecule has 0 bridgehead atoms. The van der Waals surface area contributed by atoms with Gasteiger partial charge in [0.15, 0.2) is 16.4 Å². The number of hydrogen-bond donors (Lipinski definition) is 0. The Bertz CT molecular complexity index is 1040. The molecule has 0 spiro atoms. The molecular formula is C18H17NO8S. The van der Waals surface area contributed by atoms with Crippen molar-refractivity contribution >= 4 is 27.9 Å². The summed E-state index contributed by atoms with van der Waals surface area (Å²) in [5, 5.41) is 11.3. The predicted molar refractivity (Wildman–Crippen MR) is 100.0 cm³/mol. The van der Waals surface area contributed by atoms with Crippen molar-refractivity contribution in [2.75, 3.05) is 14.2 Å². The second-order valence-corrected chi connectivity index (χ2v) is 6.89. The smallest absolute Gasteiger partial charge is 0.346 e. The number of nitro groups is 1. The van der Waals surface area contributed by atoms with Crippen LogP contribution in [0, 0.1) is 10.1 Å². The number of hydrogen-bond acceptors (Lipinski definition) is 8. The van der Waals surface area contributed by atoms with Gasteiger partial charge in [-0.3, -0.25) is 10.1 Å². The Balaban J connectivity index is 2.50. The van der Waals surface area contributed by atoms with Gasteiger partial charge < -0.3 is 13.7 Å². The zero-order chi connectivity index (χ0) is 20.9. The van der Waals surface area contributed by atoms with Crippen LogP contribution in [-0.2, 0) is 14.9 Å². The summed E-state index contributed by atoms with van der Waals surface area (Å²) >= 11 is 0. The number of carbonyl (C=O) groups is 1. The summed E-state index contributed by atoms with van der Waals surface area (Å²) in [4.78, 5) is 21.3. The van der Waals surface area contributed by atoms with E-state index in [0.29, 0.717) is 0 Å². The van der Waals surface area contributed by atoms with Gasteiger partial charge in [0.1, 0.15) is 0 Å². The number of carbonyl (C=O) groups excluding carboxylic acids is 1. The van der Waals surface area contributed by atoms with E-state index in [-0.39, 0.29) is 17.1 Å². The minimum atomic E-state index is -4.59. The van der Waals surface area contributed by atoms with Crippen molar-refractivity contribution in [3.05, 3.63) is 63.7 Å². The van der Waals surface area contributed by atoms with Gasteiger partial charge in [0, 0.05) is 6.07 Å². The monoisotopic (exact) mass is 407 g/mol. The van der Waals surface area contributed by atoms with Gasteiger partial charge in [-0.25, -0.2) is 4.79 Å². The van der Waals surface area contributed by atoms with Crippen LogP contribution in [0.2, 0.25) is 0 Å². The van der Waals surface area contributed by atoms with Crippen LogP contribution in [0.25, 0.3) is 6.08 Å². The first kappa shape index (κ1) is 20.9. The highest BCUT2D eigenvalue weighted by atomic mass is 32.2. The lowest BCUT2D eigenvalue weighted by molar-refractivity contribution is -0.387. The van der Waals surface area contributed by atoms with Crippen LogP contribution < -0.4 is 8.92 Å². The summed E-state index contributed by atoms with van der Waals surface area (Å²) in [5.41, 5.74) is -0.230. The standard InChI is InChI=1S/C18H17NO8S/c1-4-5-12-6-8-15(16(10-12)25-2)27-28(23,24)17-9-7-13(18(20)26-3)11-14(17)19(21)22/h4-11H,1-3H3. The minimum absolute atomic E-state index is 0.132. The SMILES string of the molecule is CC=Cc1ccc(OS(=O)(=O)c2ccc(C(=O)OC)cc2[N+](=O)[O-])c(OC)c1. The Hall–Kier alpha value is -3.40. The van der Waals surface area contributed by atoms with Crippen LogP contribution in [-0.4, -0.2) is 33.5 Å². The average molecular weight is 407 g/mol. The molecule has 10 heteroatoms. The maximum Gasteiger partial charge on any atom is 0.346 e. The third-order valence-electron chi connectivity index (χ3n) is 3.59. The number of nitrogens with zero attached hydrogens (tertiary/aromatic N) is 1. The first-order chi connectivity index (χ1) is 13.2. The van der Waals surface area contributed by atoms with Gasteiger partial charge in [0.2, 0.25) is 0 Å². The topological polar surface area (TPSA) is 122 Å². The first-order valence-corrected chi connectivity index (χ1v) is 9.26. The lowest BCUT2D eigenvalue weighted by atomic mass is 10.2. The van der Waals surface area contributed by atoms with Crippen LogP contribution in [0.15, 0.2) is 47.4 Å². The van der Waals surface area contributed by atoms with Gasteiger partial charge in [0.05, 0.1) is 24.7 Å². The van der Waals surface area contributed by atoms with E-state index in [4.69, 9.17) is 8.92 Å². The number of methoxy groups -OCH3 is 2. The van der Waals surface area contributed by atoms with Crippen molar-refractivity contribution in [3.8, 4) is 11.5 Å². The van der Waals surface area contributed by atoms with Gasteiger partial charge in [-0.15, -0.1) is 0 Å². The molecule has 0 saturated heterocycles. The van der Waals surface area contributed by atoms with Crippen LogP contribution in [0.4, 0.5) is 5.69 Å². The van der Waals surface area contributed by atoms with Gasteiger partial charge >= 0.3 is 16.1 Å². The van der Waals surface area contributed by atoms with Crippen molar-refractivity contribution in [1.82, 2.24) is 0 Å². The molecule has 0 unspecified atom stereocenters. The van der Waals surface area contributed by atoms with Gasteiger partial charge in [-0.05, 0) is 36.8 Å². The molecule has 2 aromatic carbocycles. The normalized spacial score (nSPS) is 11.2. The third kappa shape index (κ3) is 4.46. The van der Waals surface area contributed by atoms with Gasteiger partial charge in [-0.2, -0.15) is 8.42 Å². The van der Waals surface area contributed by atoms with E-state index in [0.717, 1.165) is 30.9 Å². The van der Waals surface area contributed by atoms with Crippen LogP contribution in [0.3, 0.4) is 0 Å².